The van der Waals surface area contributed by atoms with E-state index in [0.717, 1.165) is 13.0 Å². The van der Waals surface area contributed by atoms with E-state index in [2.05, 4.69) is 6.92 Å². The minimum Gasteiger partial charge on any atom is -0.394 e. The van der Waals surface area contributed by atoms with Crippen LogP contribution in [-0.2, 0) is 28.4 Å². The second kappa shape index (κ2) is 25.7. The number of rotatable bonds is 24. The molecule has 7 nitrogen and oxygen atoms in total. The molecule has 0 aromatic carbocycles. The van der Waals surface area contributed by atoms with Crippen molar-refractivity contribution in [3.63, 3.8) is 0 Å². The van der Waals surface area contributed by atoms with Gasteiger partial charge in [0.25, 0.3) is 0 Å². The second-order valence-corrected chi connectivity index (χ2v) is 6.17. The van der Waals surface area contributed by atoms with Gasteiger partial charge in [-0.3, -0.25) is 0 Å². The minimum absolute atomic E-state index is 0.0428. The molecule has 0 aliphatic rings. The summed E-state index contributed by atoms with van der Waals surface area (Å²) < 4.78 is 32.2. The molecule has 0 saturated carbocycles. The van der Waals surface area contributed by atoms with Gasteiger partial charge in [0.1, 0.15) is 0 Å². The second-order valence-electron chi connectivity index (χ2n) is 6.17. The van der Waals surface area contributed by atoms with E-state index in [1.54, 1.807) is 0 Å². The van der Waals surface area contributed by atoms with Gasteiger partial charge in [0.2, 0.25) is 0 Å². The molecule has 7 heteroatoms. The molecule has 164 valence electrons. The van der Waals surface area contributed by atoms with Crippen molar-refractivity contribution in [3.8, 4) is 0 Å². The maximum absolute atomic E-state index is 8.53. The van der Waals surface area contributed by atoms with Crippen LogP contribution in [0.2, 0.25) is 0 Å². The monoisotopic (exact) mass is 394 g/mol. The van der Waals surface area contributed by atoms with Gasteiger partial charge in [-0.15, -0.1) is 0 Å². The fourth-order valence-electron chi connectivity index (χ4n) is 2.25. The molecule has 0 rings (SSSR count). The standard InChI is InChI=1S/C20H42O7/c1-2-3-4-5-6-7-9-22-11-13-24-15-17-26-19-20-27-18-16-25-14-12-23-10-8-21/h21H,2-20H2,1H3. The Kier molecular flexibility index (Phi) is 25.5. The van der Waals surface area contributed by atoms with Crippen LogP contribution in [-0.4, -0.2) is 91.0 Å². The predicted octanol–water partition coefficient (Wildman–Crippen LogP) is 2.44. The molecule has 0 atom stereocenters. The molecule has 0 aromatic heterocycles. The van der Waals surface area contributed by atoms with Crippen LogP contribution in [0.25, 0.3) is 0 Å². The van der Waals surface area contributed by atoms with E-state index in [9.17, 15) is 0 Å². The highest BCUT2D eigenvalue weighted by molar-refractivity contribution is 4.43. The Morgan fingerprint density at radius 2 is 0.741 bits per heavy atom. The third kappa shape index (κ3) is 25.7. The number of hydrogen-bond acceptors (Lipinski definition) is 7. The summed E-state index contributed by atoms with van der Waals surface area (Å²) in [6.07, 6.45) is 7.72. The van der Waals surface area contributed by atoms with Gasteiger partial charge in [-0.05, 0) is 6.42 Å². The van der Waals surface area contributed by atoms with Gasteiger partial charge >= 0.3 is 0 Å². The number of aliphatic hydroxyl groups is 1. The molecule has 0 fully saturated rings. The van der Waals surface area contributed by atoms with Crippen molar-refractivity contribution in [1.29, 1.82) is 0 Å². The molecule has 0 bridgehead atoms. The lowest BCUT2D eigenvalue weighted by atomic mass is 10.1. The highest BCUT2D eigenvalue weighted by Gasteiger charge is 1.94. The summed E-state index contributed by atoms with van der Waals surface area (Å²) in [7, 11) is 0. The summed E-state index contributed by atoms with van der Waals surface area (Å²) in [5, 5.41) is 8.53. The molecular weight excluding hydrogens is 352 g/mol. The molecule has 0 radical (unpaired) electrons. The van der Waals surface area contributed by atoms with Crippen molar-refractivity contribution in [2.24, 2.45) is 0 Å². The Balaban J connectivity index is 2.95. The van der Waals surface area contributed by atoms with E-state index in [0.29, 0.717) is 72.7 Å². The quantitative estimate of drug-likeness (QED) is 0.252. The Labute approximate surface area is 165 Å². The minimum atomic E-state index is 0.0428. The van der Waals surface area contributed by atoms with E-state index < -0.39 is 0 Å². The highest BCUT2D eigenvalue weighted by atomic mass is 16.6. The molecule has 0 aliphatic carbocycles. The van der Waals surface area contributed by atoms with Crippen molar-refractivity contribution in [2.75, 3.05) is 85.9 Å². The lowest BCUT2D eigenvalue weighted by Crippen LogP contribution is -2.14. The fraction of sp³-hybridized carbons (Fsp3) is 1.00. The molecule has 0 unspecified atom stereocenters. The van der Waals surface area contributed by atoms with Crippen LogP contribution in [0.5, 0.6) is 0 Å². The third-order valence-electron chi connectivity index (χ3n) is 3.74. The van der Waals surface area contributed by atoms with E-state index in [1.165, 1.54) is 32.1 Å². The van der Waals surface area contributed by atoms with Gasteiger partial charge in [0.05, 0.1) is 79.3 Å². The van der Waals surface area contributed by atoms with Gasteiger partial charge < -0.3 is 33.5 Å². The first-order valence-electron chi connectivity index (χ1n) is 10.5. The van der Waals surface area contributed by atoms with Crippen molar-refractivity contribution in [3.05, 3.63) is 0 Å². The zero-order valence-corrected chi connectivity index (χ0v) is 17.3. The first kappa shape index (κ1) is 26.7. The smallest absolute Gasteiger partial charge is 0.0701 e. The topological polar surface area (TPSA) is 75.6 Å². The zero-order valence-electron chi connectivity index (χ0n) is 17.3. The molecule has 1 N–H and O–H groups in total. The van der Waals surface area contributed by atoms with Crippen LogP contribution in [0.4, 0.5) is 0 Å². The average Bonchev–Trinajstić information content (AvgIpc) is 2.68. The number of aliphatic hydroxyl groups excluding tert-OH is 1. The van der Waals surface area contributed by atoms with Gasteiger partial charge in [-0.25, -0.2) is 0 Å². The first-order valence-corrected chi connectivity index (χ1v) is 10.5. The fourth-order valence-corrected chi connectivity index (χ4v) is 2.25. The first-order chi connectivity index (χ1) is 13.4. The molecule has 0 amide bonds. The zero-order chi connectivity index (χ0) is 19.7. The van der Waals surface area contributed by atoms with Crippen LogP contribution in [0.15, 0.2) is 0 Å². The van der Waals surface area contributed by atoms with Crippen LogP contribution in [0.1, 0.15) is 45.4 Å². The Morgan fingerprint density at radius 3 is 1.15 bits per heavy atom. The Hall–Kier alpha value is -0.280. The number of hydrogen-bond donors (Lipinski definition) is 1. The molecule has 27 heavy (non-hydrogen) atoms. The Bertz CT molecular complexity index is 230. The maximum atomic E-state index is 8.53. The van der Waals surface area contributed by atoms with Crippen LogP contribution in [0, 0.1) is 0 Å². The molecule has 0 aliphatic heterocycles. The van der Waals surface area contributed by atoms with Gasteiger partial charge in [-0.2, -0.15) is 0 Å². The lowest BCUT2D eigenvalue weighted by Gasteiger charge is -2.08. The summed E-state index contributed by atoms with van der Waals surface area (Å²) in [4.78, 5) is 0. The van der Waals surface area contributed by atoms with Gasteiger partial charge in [-0.1, -0.05) is 39.0 Å². The maximum Gasteiger partial charge on any atom is 0.0701 e. The van der Waals surface area contributed by atoms with E-state index in [-0.39, 0.29) is 6.61 Å². The number of ether oxygens (including phenoxy) is 6. The number of unbranched alkanes of at least 4 members (excludes halogenated alkanes) is 5. The average molecular weight is 395 g/mol. The molecule has 0 aromatic rings. The lowest BCUT2D eigenvalue weighted by molar-refractivity contribution is -0.0182. The van der Waals surface area contributed by atoms with Crippen molar-refractivity contribution in [2.45, 2.75) is 45.4 Å². The van der Waals surface area contributed by atoms with Crippen LogP contribution >= 0.6 is 0 Å². The van der Waals surface area contributed by atoms with Crippen LogP contribution in [0.3, 0.4) is 0 Å². The van der Waals surface area contributed by atoms with E-state index >= 15 is 0 Å². The van der Waals surface area contributed by atoms with E-state index in [4.69, 9.17) is 33.5 Å². The molecule has 0 heterocycles. The van der Waals surface area contributed by atoms with Crippen molar-refractivity contribution < 1.29 is 33.5 Å². The van der Waals surface area contributed by atoms with Gasteiger partial charge in [0.15, 0.2) is 0 Å². The normalized spacial score (nSPS) is 11.3. The van der Waals surface area contributed by atoms with Crippen molar-refractivity contribution >= 4 is 0 Å². The summed E-state index contributed by atoms with van der Waals surface area (Å²) in [6, 6.07) is 0. The summed E-state index contributed by atoms with van der Waals surface area (Å²) >= 11 is 0. The molecular formula is C20H42O7. The third-order valence-corrected chi connectivity index (χ3v) is 3.74. The molecule has 0 saturated heterocycles. The van der Waals surface area contributed by atoms with E-state index in [1.807, 2.05) is 0 Å². The van der Waals surface area contributed by atoms with Crippen LogP contribution < -0.4 is 0 Å². The SMILES string of the molecule is CCCCCCCCOCCOCCOCCOCCOCCOCCO. The highest BCUT2D eigenvalue weighted by Crippen LogP contribution is 2.04. The largest absolute Gasteiger partial charge is 0.394 e. The van der Waals surface area contributed by atoms with Gasteiger partial charge in [0, 0.05) is 6.61 Å². The molecule has 0 spiro atoms. The predicted molar refractivity (Wildman–Crippen MR) is 105 cm³/mol. The summed E-state index contributed by atoms with van der Waals surface area (Å²) in [5.74, 6) is 0. The summed E-state index contributed by atoms with van der Waals surface area (Å²) in [6.45, 7) is 9.07. The summed E-state index contributed by atoms with van der Waals surface area (Å²) in [5.41, 5.74) is 0. The Morgan fingerprint density at radius 1 is 0.407 bits per heavy atom. The van der Waals surface area contributed by atoms with Crippen molar-refractivity contribution in [1.82, 2.24) is 0 Å².